The molecule has 242 valence electrons. The van der Waals surface area contributed by atoms with Gasteiger partial charge in [-0.15, -0.1) is 0 Å². The molecular weight excluding hydrogens is 605 g/mol. The topological polar surface area (TPSA) is 96.0 Å². The number of amides is 2. The number of para-hydroxylation sites is 2. The molecule has 0 fully saturated rings. The number of carbonyl (C=O) groups excluding carboxylic acids is 2. The molecule has 8 nitrogen and oxygen atoms in total. The summed E-state index contributed by atoms with van der Waals surface area (Å²) in [5.41, 5.74) is 2.00. The highest BCUT2D eigenvalue weighted by molar-refractivity contribution is 7.92. The summed E-state index contributed by atoms with van der Waals surface area (Å²) in [6.07, 6.45) is 0.125. The van der Waals surface area contributed by atoms with Crippen LogP contribution in [0.15, 0.2) is 108 Å². The number of sulfonamides is 1. The first-order valence-electron chi connectivity index (χ1n) is 15.2. The van der Waals surface area contributed by atoms with Crippen molar-refractivity contribution in [2.75, 3.05) is 17.5 Å². The number of rotatable bonds is 14. The third-order valence-corrected chi connectivity index (χ3v) is 9.10. The van der Waals surface area contributed by atoms with Crippen LogP contribution in [0.25, 0.3) is 0 Å². The van der Waals surface area contributed by atoms with Crippen LogP contribution >= 0.6 is 0 Å². The van der Waals surface area contributed by atoms with Crippen LogP contribution in [0.2, 0.25) is 0 Å². The highest BCUT2D eigenvalue weighted by Crippen LogP contribution is 2.33. The molecule has 0 spiro atoms. The third kappa shape index (κ3) is 8.51. The molecule has 1 unspecified atom stereocenters. The van der Waals surface area contributed by atoms with Crippen LogP contribution in [0.4, 0.5) is 10.1 Å². The van der Waals surface area contributed by atoms with Gasteiger partial charge in [-0.1, -0.05) is 78.4 Å². The maximum Gasteiger partial charge on any atom is 0.264 e. The molecule has 1 atom stereocenters. The number of aryl methyl sites for hydroxylation is 1. The maximum atomic E-state index is 15.1. The summed E-state index contributed by atoms with van der Waals surface area (Å²) in [5, 5.41) is 2.89. The highest BCUT2D eigenvalue weighted by Gasteiger charge is 2.36. The molecule has 2 amide bonds. The lowest BCUT2D eigenvalue weighted by Gasteiger charge is -2.34. The van der Waals surface area contributed by atoms with E-state index in [0.29, 0.717) is 0 Å². The number of nitrogens with zero attached hydrogens (tertiary/aromatic N) is 2. The van der Waals surface area contributed by atoms with E-state index in [9.17, 15) is 18.0 Å². The van der Waals surface area contributed by atoms with E-state index in [2.05, 4.69) is 5.32 Å². The second-order valence-electron chi connectivity index (χ2n) is 11.2. The van der Waals surface area contributed by atoms with E-state index in [1.54, 1.807) is 75.4 Å². The minimum absolute atomic E-state index is 0.0174. The van der Waals surface area contributed by atoms with Crippen LogP contribution in [0, 0.1) is 12.7 Å². The molecule has 0 aliphatic rings. The second-order valence-corrected chi connectivity index (χ2v) is 13.1. The summed E-state index contributed by atoms with van der Waals surface area (Å²) >= 11 is 0. The van der Waals surface area contributed by atoms with Crippen LogP contribution < -0.4 is 14.4 Å². The van der Waals surface area contributed by atoms with Crippen molar-refractivity contribution in [1.82, 2.24) is 10.2 Å². The van der Waals surface area contributed by atoms with Gasteiger partial charge in [0.25, 0.3) is 10.0 Å². The molecule has 0 aliphatic carbocycles. The molecule has 0 heterocycles. The van der Waals surface area contributed by atoms with Gasteiger partial charge >= 0.3 is 0 Å². The van der Waals surface area contributed by atoms with Crippen LogP contribution in [-0.2, 0) is 32.6 Å². The summed E-state index contributed by atoms with van der Waals surface area (Å²) in [6, 6.07) is 26.8. The number of carbonyl (C=O) groups is 2. The molecule has 0 saturated heterocycles. The Morgan fingerprint density at radius 2 is 1.50 bits per heavy atom. The van der Waals surface area contributed by atoms with Crippen LogP contribution in [0.3, 0.4) is 0 Å². The fraction of sp³-hybridized carbons (Fsp3) is 0.278. The smallest absolute Gasteiger partial charge is 0.264 e. The quantitative estimate of drug-likeness (QED) is 0.185. The predicted molar refractivity (Wildman–Crippen MR) is 177 cm³/mol. The maximum absolute atomic E-state index is 15.1. The lowest BCUT2D eigenvalue weighted by molar-refractivity contribution is -0.140. The Kier molecular flexibility index (Phi) is 11.5. The van der Waals surface area contributed by atoms with E-state index in [4.69, 9.17) is 4.74 Å². The van der Waals surface area contributed by atoms with Crippen molar-refractivity contribution in [2.24, 2.45) is 0 Å². The van der Waals surface area contributed by atoms with Crippen molar-refractivity contribution < 1.29 is 27.1 Å². The molecule has 0 bridgehead atoms. The first-order chi connectivity index (χ1) is 22.0. The summed E-state index contributed by atoms with van der Waals surface area (Å²) in [5.74, 6) is -1.40. The Hall–Kier alpha value is -4.70. The molecule has 10 heteroatoms. The molecule has 4 aromatic carbocycles. The van der Waals surface area contributed by atoms with Gasteiger partial charge in [-0.05, 0) is 63.6 Å². The number of hydrogen-bond donors (Lipinski definition) is 1. The van der Waals surface area contributed by atoms with Crippen molar-refractivity contribution in [3.63, 3.8) is 0 Å². The third-order valence-electron chi connectivity index (χ3n) is 7.32. The number of nitrogens with one attached hydrogen (secondary N) is 1. The Morgan fingerprint density at radius 3 is 2.15 bits per heavy atom. The van der Waals surface area contributed by atoms with Gasteiger partial charge < -0.3 is 15.0 Å². The van der Waals surface area contributed by atoms with Crippen molar-refractivity contribution >= 4 is 27.5 Å². The van der Waals surface area contributed by atoms with E-state index >= 15 is 4.39 Å². The number of halogens is 1. The molecule has 0 saturated carbocycles. The van der Waals surface area contributed by atoms with Gasteiger partial charge in [0.15, 0.2) is 0 Å². The van der Waals surface area contributed by atoms with Gasteiger partial charge in [0.2, 0.25) is 11.8 Å². The van der Waals surface area contributed by atoms with Gasteiger partial charge in [-0.3, -0.25) is 13.9 Å². The first kappa shape index (κ1) is 34.2. The average Bonchev–Trinajstić information content (AvgIpc) is 3.03. The molecule has 4 rings (SSSR count). The molecule has 0 aliphatic heterocycles. The van der Waals surface area contributed by atoms with Gasteiger partial charge in [0.1, 0.15) is 24.2 Å². The fourth-order valence-corrected chi connectivity index (χ4v) is 6.46. The molecule has 0 radical (unpaired) electrons. The second kappa shape index (κ2) is 15.5. The van der Waals surface area contributed by atoms with E-state index < -0.39 is 40.2 Å². The monoisotopic (exact) mass is 645 g/mol. The van der Waals surface area contributed by atoms with Gasteiger partial charge in [0.05, 0.1) is 17.2 Å². The van der Waals surface area contributed by atoms with E-state index in [0.717, 1.165) is 15.4 Å². The molecule has 46 heavy (non-hydrogen) atoms. The van der Waals surface area contributed by atoms with Gasteiger partial charge in [0, 0.05) is 24.6 Å². The summed E-state index contributed by atoms with van der Waals surface area (Å²) in [6.45, 7) is 6.56. The van der Waals surface area contributed by atoms with Crippen molar-refractivity contribution in [2.45, 2.75) is 57.6 Å². The summed E-state index contributed by atoms with van der Waals surface area (Å²) in [4.78, 5) is 29.6. The Balaban J connectivity index is 1.85. The SMILES string of the molecule is CCOc1ccccc1N(CC(=O)N(Cc1ccccc1F)C(Cc1ccccc1)C(=O)NC(C)C)S(=O)(=O)c1ccc(C)cc1. The first-order valence-corrected chi connectivity index (χ1v) is 16.6. The largest absolute Gasteiger partial charge is 0.492 e. The van der Waals surface area contributed by atoms with E-state index in [-0.39, 0.29) is 47.5 Å². The molecule has 1 N–H and O–H groups in total. The number of benzene rings is 4. The van der Waals surface area contributed by atoms with Crippen molar-refractivity contribution in [3.05, 3.63) is 126 Å². The summed E-state index contributed by atoms with van der Waals surface area (Å²) in [7, 11) is -4.31. The Bertz CT molecular complexity index is 1730. The van der Waals surface area contributed by atoms with E-state index in [1.807, 2.05) is 37.3 Å². The van der Waals surface area contributed by atoms with Crippen LogP contribution in [-0.4, -0.2) is 50.4 Å². The number of ether oxygens (including phenoxy) is 1. The van der Waals surface area contributed by atoms with Crippen molar-refractivity contribution in [3.8, 4) is 5.75 Å². The molecule has 4 aromatic rings. The molecule has 0 aromatic heterocycles. The van der Waals surface area contributed by atoms with Crippen molar-refractivity contribution in [1.29, 1.82) is 0 Å². The Labute approximate surface area is 270 Å². The minimum Gasteiger partial charge on any atom is -0.492 e. The predicted octanol–water partition coefficient (Wildman–Crippen LogP) is 5.89. The average molecular weight is 646 g/mol. The molecular formula is C36H40FN3O5S. The highest BCUT2D eigenvalue weighted by atomic mass is 32.2. The normalized spacial score (nSPS) is 12.0. The zero-order valence-corrected chi connectivity index (χ0v) is 27.3. The zero-order valence-electron chi connectivity index (χ0n) is 26.5. The van der Waals surface area contributed by atoms with Gasteiger partial charge in [-0.25, -0.2) is 12.8 Å². The van der Waals surface area contributed by atoms with Gasteiger partial charge in [-0.2, -0.15) is 0 Å². The standard InChI is InChI=1S/C36H40FN3O5S/c1-5-45-34-18-12-11-17-32(34)40(46(43,44)30-21-19-27(4)20-22-30)25-35(41)39(24-29-15-9-10-16-31(29)37)33(36(42)38-26(2)3)23-28-13-7-6-8-14-28/h6-22,26,33H,5,23-25H2,1-4H3,(H,38,42). The lowest BCUT2D eigenvalue weighted by Crippen LogP contribution is -2.54. The zero-order chi connectivity index (χ0) is 33.3. The Morgan fingerprint density at radius 1 is 0.870 bits per heavy atom. The minimum atomic E-state index is -4.31. The van der Waals surface area contributed by atoms with Crippen LogP contribution in [0.5, 0.6) is 5.75 Å². The fourth-order valence-electron chi connectivity index (χ4n) is 5.04. The number of hydrogen-bond acceptors (Lipinski definition) is 5. The lowest BCUT2D eigenvalue weighted by atomic mass is 10.0. The van der Waals surface area contributed by atoms with Crippen LogP contribution in [0.1, 0.15) is 37.5 Å². The van der Waals surface area contributed by atoms with E-state index in [1.165, 1.54) is 23.1 Å². The summed E-state index contributed by atoms with van der Waals surface area (Å²) < 4.78 is 50.4. The number of anilines is 1.